The first-order valence-corrected chi connectivity index (χ1v) is 4.88. The third kappa shape index (κ3) is 2.62. The topological polar surface area (TPSA) is 24.1 Å². The van der Waals surface area contributed by atoms with Crippen LogP contribution in [0.1, 0.15) is 0 Å². The van der Waals surface area contributed by atoms with E-state index in [0.29, 0.717) is 0 Å². The number of hydrogen-bond donors (Lipinski definition) is 2. The normalized spacial score (nSPS) is 9.71. The summed E-state index contributed by atoms with van der Waals surface area (Å²) in [4.78, 5) is 0. The van der Waals surface area contributed by atoms with E-state index < -0.39 is 11.6 Å². The Bertz CT molecular complexity index is 371. The van der Waals surface area contributed by atoms with Crippen LogP contribution in [0.4, 0.5) is 14.5 Å². The van der Waals surface area contributed by atoms with E-state index in [1.54, 1.807) is 7.05 Å². The summed E-state index contributed by atoms with van der Waals surface area (Å²) in [5, 5.41) is 5.46. The third-order valence-corrected chi connectivity index (χ3v) is 2.40. The zero-order chi connectivity index (χ0) is 10.7. The van der Waals surface area contributed by atoms with Crippen molar-refractivity contribution in [2.24, 2.45) is 0 Å². The first-order chi connectivity index (χ1) is 6.54. The lowest BCUT2D eigenvalue weighted by atomic mass is 10.3. The monoisotopic (exact) mass is 280 g/mol. The summed E-state index contributed by atoms with van der Waals surface area (Å²) in [6.07, 6.45) is 0. The van der Waals surface area contributed by atoms with Gasteiger partial charge in [-0.05, 0) is 34.2 Å². The first kappa shape index (κ1) is 11.3. The van der Waals surface area contributed by atoms with Crippen molar-refractivity contribution in [3.05, 3.63) is 28.2 Å². The van der Waals surface area contributed by atoms with Crippen molar-refractivity contribution in [2.75, 3.05) is 12.4 Å². The van der Waals surface area contributed by atoms with Crippen molar-refractivity contribution in [2.45, 2.75) is 0 Å². The van der Waals surface area contributed by atoms with E-state index >= 15 is 0 Å². The van der Waals surface area contributed by atoms with Gasteiger partial charge in [-0.2, -0.15) is 0 Å². The Morgan fingerprint density at radius 1 is 1.36 bits per heavy atom. The molecule has 0 aliphatic heterocycles. The van der Waals surface area contributed by atoms with Crippen molar-refractivity contribution in [3.63, 3.8) is 0 Å². The minimum atomic E-state index is -0.691. The molecule has 76 valence electrons. The highest BCUT2D eigenvalue weighted by Crippen LogP contribution is 2.23. The van der Waals surface area contributed by atoms with Crippen LogP contribution in [-0.4, -0.2) is 12.2 Å². The molecule has 1 aromatic carbocycles. The number of thiocarbonyl (C=S) groups is 1. The molecular weight excluding hydrogens is 274 g/mol. The summed E-state index contributed by atoms with van der Waals surface area (Å²) in [5.74, 6) is -1.34. The Morgan fingerprint density at radius 2 is 2.00 bits per heavy atom. The average Bonchev–Trinajstić information content (AvgIpc) is 2.14. The van der Waals surface area contributed by atoms with E-state index in [9.17, 15) is 8.78 Å². The fourth-order valence-electron chi connectivity index (χ4n) is 0.803. The molecule has 0 radical (unpaired) electrons. The highest BCUT2D eigenvalue weighted by Gasteiger charge is 2.08. The van der Waals surface area contributed by atoms with Gasteiger partial charge in [-0.25, -0.2) is 8.78 Å². The van der Waals surface area contributed by atoms with Crippen molar-refractivity contribution >= 4 is 38.9 Å². The van der Waals surface area contributed by atoms with Crippen LogP contribution in [0.15, 0.2) is 16.6 Å². The molecule has 6 heteroatoms. The molecule has 2 nitrogen and oxygen atoms in total. The molecule has 0 spiro atoms. The second kappa shape index (κ2) is 4.65. The number of benzene rings is 1. The summed E-state index contributed by atoms with van der Waals surface area (Å²) >= 11 is 7.72. The van der Waals surface area contributed by atoms with Gasteiger partial charge < -0.3 is 10.6 Å². The quantitative estimate of drug-likeness (QED) is 0.611. The summed E-state index contributed by atoms with van der Waals surface area (Å²) in [6, 6.07) is 2.07. The zero-order valence-electron chi connectivity index (χ0n) is 7.20. The van der Waals surface area contributed by atoms with Gasteiger partial charge in [0.15, 0.2) is 5.11 Å². The fraction of sp³-hybridized carbons (Fsp3) is 0.125. The molecule has 0 saturated carbocycles. The molecule has 0 fully saturated rings. The highest BCUT2D eigenvalue weighted by molar-refractivity contribution is 9.10. The van der Waals surface area contributed by atoms with Crippen LogP contribution in [0.5, 0.6) is 0 Å². The van der Waals surface area contributed by atoms with Gasteiger partial charge in [0.1, 0.15) is 11.6 Å². The van der Waals surface area contributed by atoms with Crippen LogP contribution in [0.3, 0.4) is 0 Å². The van der Waals surface area contributed by atoms with Gasteiger partial charge >= 0.3 is 0 Å². The minimum Gasteiger partial charge on any atom is -0.366 e. The molecule has 0 bridgehead atoms. The van der Waals surface area contributed by atoms with Gasteiger partial charge in [0.2, 0.25) is 0 Å². The largest absolute Gasteiger partial charge is 0.366 e. The van der Waals surface area contributed by atoms with Gasteiger partial charge in [-0.1, -0.05) is 0 Å². The first-order valence-electron chi connectivity index (χ1n) is 3.68. The third-order valence-electron chi connectivity index (χ3n) is 1.49. The lowest BCUT2D eigenvalue weighted by Crippen LogP contribution is -2.24. The molecule has 0 aliphatic rings. The molecule has 1 rings (SSSR count). The SMILES string of the molecule is CNC(=S)Nc1cc(Br)c(F)cc1F. The van der Waals surface area contributed by atoms with Gasteiger partial charge in [-0.3, -0.25) is 0 Å². The Labute approximate surface area is 93.8 Å². The van der Waals surface area contributed by atoms with E-state index in [2.05, 4.69) is 26.6 Å². The van der Waals surface area contributed by atoms with Gasteiger partial charge in [0.25, 0.3) is 0 Å². The zero-order valence-corrected chi connectivity index (χ0v) is 9.60. The second-order valence-corrected chi connectivity index (χ2v) is 3.71. The predicted molar refractivity (Wildman–Crippen MR) is 59.3 cm³/mol. The molecule has 0 heterocycles. The van der Waals surface area contributed by atoms with E-state index in [-0.39, 0.29) is 15.3 Å². The molecule has 1 aromatic rings. The molecule has 0 aliphatic carbocycles. The maximum Gasteiger partial charge on any atom is 0.170 e. The summed E-state index contributed by atoms with van der Waals surface area (Å²) in [6.45, 7) is 0. The summed E-state index contributed by atoms with van der Waals surface area (Å²) in [5.41, 5.74) is 0.123. The maximum absolute atomic E-state index is 13.1. The number of nitrogens with one attached hydrogen (secondary N) is 2. The van der Waals surface area contributed by atoms with Gasteiger partial charge in [-0.15, -0.1) is 0 Å². The number of anilines is 1. The Balaban J connectivity index is 2.98. The smallest absolute Gasteiger partial charge is 0.170 e. The fourth-order valence-corrected chi connectivity index (χ4v) is 1.26. The molecule has 0 unspecified atom stereocenters. The number of halogens is 3. The van der Waals surface area contributed by atoms with Crippen LogP contribution in [0.2, 0.25) is 0 Å². The Hall–Kier alpha value is -0.750. The van der Waals surface area contributed by atoms with E-state index in [1.807, 2.05) is 0 Å². The lowest BCUT2D eigenvalue weighted by Gasteiger charge is -2.08. The molecular formula is C8H7BrF2N2S. The minimum absolute atomic E-state index is 0.123. The van der Waals surface area contributed by atoms with Gasteiger partial charge in [0, 0.05) is 13.1 Å². The Morgan fingerprint density at radius 3 is 2.57 bits per heavy atom. The number of rotatable bonds is 1. The second-order valence-electron chi connectivity index (χ2n) is 2.45. The van der Waals surface area contributed by atoms with Crippen molar-refractivity contribution in [3.8, 4) is 0 Å². The molecule has 2 N–H and O–H groups in total. The van der Waals surface area contributed by atoms with Crippen molar-refractivity contribution in [1.82, 2.24) is 5.32 Å². The van der Waals surface area contributed by atoms with Crippen LogP contribution in [0, 0.1) is 11.6 Å². The van der Waals surface area contributed by atoms with E-state index in [0.717, 1.165) is 6.07 Å². The molecule has 0 amide bonds. The molecule has 14 heavy (non-hydrogen) atoms. The van der Waals surface area contributed by atoms with Crippen LogP contribution in [-0.2, 0) is 0 Å². The van der Waals surface area contributed by atoms with Gasteiger partial charge in [0.05, 0.1) is 10.2 Å². The number of hydrogen-bond acceptors (Lipinski definition) is 1. The van der Waals surface area contributed by atoms with E-state index in [1.165, 1.54) is 6.07 Å². The molecule has 0 atom stereocenters. The van der Waals surface area contributed by atoms with E-state index in [4.69, 9.17) is 12.2 Å². The highest BCUT2D eigenvalue weighted by atomic mass is 79.9. The maximum atomic E-state index is 13.1. The standard InChI is InChI=1S/C8H7BrF2N2S/c1-12-8(14)13-7-2-4(9)5(10)3-6(7)11/h2-3H,1H3,(H2,12,13,14). The van der Waals surface area contributed by atoms with Crippen molar-refractivity contribution < 1.29 is 8.78 Å². The average molecular weight is 281 g/mol. The van der Waals surface area contributed by atoms with Crippen molar-refractivity contribution in [1.29, 1.82) is 0 Å². The van der Waals surface area contributed by atoms with Crippen LogP contribution in [0.25, 0.3) is 0 Å². The van der Waals surface area contributed by atoms with Crippen LogP contribution >= 0.6 is 28.1 Å². The summed E-state index contributed by atoms with van der Waals surface area (Å²) < 4.78 is 26.1. The lowest BCUT2D eigenvalue weighted by molar-refractivity contribution is 0.581. The predicted octanol–water partition coefficient (Wildman–Crippen LogP) is 2.64. The van der Waals surface area contributed by atoms with Crippen LogP contribution < -0.4 is 10.6 Å². The molecule has 0 saturated heterocycles. The Kier molecular flexibility index (Phi) is 3.77. The molecule has 0 aromatic heterocycles. The summed E-state index contributed by atoms with van der Waals surface area (Å²) in [7, 11) is 1.60.